The maximum absolute atomic E-state index is 9.64. The zero-order chi connectivity index (χ0) is 12.7. The van der Waals surface area contributed by atoms with Gasteiger partial charge in [0.15, 0.2) is 0 Å². The van der Waals surface area contributed by atoms with Gasteiger partial charge in [-0.1, -0.05) is 0 Å². The van der Waals surface area contributed by atoms with E-state index in [2.05, 4.69) is 20.3 Å². The first-order valence-electron chi connectivity index (χ1n) is 6.47. The van der Waals surface area contributed by atoms with Crippen LogP contribution in [0.4, 0.5) is 11.6 Å². The van der Waals surface area contributed by atoms with E-state index in [1.165, 1.54) is 0 Å². The van der Waals surface area contributed by atoms with Crippen molar-refractivity contribution in [3.05, 3.63) is 11.4 Å². The number of hydrogen-bond acceptors (Lipinski definition) is 6. The molecule has 2 heterocycles. The van der Waals surface area contributed by atoms with Gasteiger partial charge >= 0.3 is 0 Å². The number of hydrazine groups is 1. The topological polar surface area (TPSA) is 87.3 Å². The summed E-state index contributed by atoms with van der Waals surface area (Å²) >= 11 is 0. The van der Waals surface area contributed by atoms with Crippen LogP contribution < -0.4 is 16.2 Å². The number of nitrogens with one attached hydrogen (secondary N) is 1. The summed E-state index contributed by atoms with van der Waals surface area (Å²) in [5.41, 5.74) is 3.61. The van der Waals surface area contributed by atoms with Crippen LogP contribution in [-0.4, -0.2) is 34.3 Å². The van der Waals surface area contributed by atoms with Gasteiger partial charge in [-0.05, 0) is 26.2 Å². The van der Waals surface area contributed by atoms with Crippen LogP contribution in [0.1, 0.15) is 36.6 Å². The highest BCUT2D eigenvalue weighted by Gasteiger charge is 2.30. The number of nitrogens with zero attached hydrogens (tertiary/aromatic N) is 3. The molecule has 1 saturated heterocycles. The number of nitrogens with two attached hydrogens (primary N) is 1. The van der Waals surface area contributed by atoms with E-state index >= 15 is 0 Å². The van der Waals surface area contributed by atoms with Gasteiger partial charge in [0.05, 0.1) is 6.10 Å². The predicted molar refractivity (Wildman–Crippen MR) is 69.4 cm³/mol. The number of aliphatic hydroxyl groups is 1. The van der Waals surface area contributed by atoms with Gasteiger partial charge in [0.1, 0.15) is 17.5 Å². The molecule has 6 heteroatoms. The van der Waals surface area contributed by atoms with Gasteiger partial charge in [-0.3, -0.25) is 0 Å². The Morgan fingerprint density at radius 3 is 2.67 bits per heavy atom. The van der Waals surface area contributed by atoms with Crippen molar-refractivity contribution in [3.8, 4) is 0 Å². The van der Waals surface area contributed by atoms with E-state index in [0.717, 1.165) is 43.0 Å². The molecule has 1 aromatic heterocycles. The van der Waals surface area contributed by atoms with Crippen LogP contribution in [0.5, 0.6) is 0 Å². The standard InChI is InChI=1S/C12H19N5O/c1-7-10(16-13)14-11(8-2-3-8)15-12(7)17-5-4-9(18)6-17/h8-9,18H,2-6,13H2,1H3,(H,14,15,16). The fraction of sp³-hybridized carbons (Fsp3) is 0.667. The van der Waals surface area contributed by atoms with Gasteiger partial charge in [0, 0.05) is 24.6 Å². The maximum Gasteiger partial charge on any atom is 0.148 e. The quantitative estimate of drug-likeness (QED) is 0.535. The number of hydrogen-bond donors (Lipinski definition) is 3. The Bertz CT molecular complexity index is 460. The number of β-amino-alcohol motifs (C(OH)–C–C–N with tert-alkyl or cyclic N) is 1. The van der Waals surface area contributed by atoms with E-state index in [1.807, 2.05) is 6.92 Å². The van der Waals surface area contributed by atoms with E-state index in [-0.39, 0.29) is 6.10 Å². The third kappa shape index (κ3) is 2.02. The molecule has 98 valence electrons. The van der Waals surface area contributed by atoms with Crippen LogP contribution >= 0.6 is 0 Å². The monoisotopic (exact) mass is 249 g/mol. The van der Waals surface area contributed by atoms with E-state index < -0.39 is 0 Å². The second-order valence-electron chi connectivity index (χ2n) is 5.19. The number of aromatic nitrogens is 2. The number of rotatable bonds is 3. The van der Waals surface area contributed by atoms with E-state index in [9.17, 15) is 5.11 Å². The summed E-state index contributed by atoms with van der Waals surface area (Å²) < 4.78 is 0. The van der Waals surface area contributed by atoms with Gasteiger partial charge in [0.25, 0.3) is 0 Å². The largest absolute Gasteiger partial charge is 0.391 e. The SMILES string of the molecule is Cc1c(NN)nc(C2CC2)nc1N1CCC(O)C1. The molecule has 6 nitrogen and oxygen atoms in total. The van der Waals surface area contributed by atoms with Gasteiger partial charge in [-0.25, -0.2) is 15.8 Å². The fourth-order valence-electron chi connectivity index (χ4n) is 2.43. The minimum absolute atomic E-state index is 0.252. The van der Waals surface area contributed by atoms with Crippen molar-refractivity contribution in [3.63, 3.8) is 0 Å². The summed E-state index contributed by atoms with van der Waals surface area (Å²) in [6.45, 7) is 3.45. The summed E-state index contributed by atoms with van der Waals surface area (Å²) in [6, 6.07) is 0. The molecule has 0 spiro atoms. The molecule has 0 radical (unpaired) electrons. The lowest BCUT2D eigenvalue weighted by molar-refractivity contribution is 0.198. The molecule has 1 aliphatic carbocycles. The number of anilines is 2. The second-order valence-corrected chi connectivity index (χ2v) is 5.19. The Morgan fingerprint density at radius 1 is 1.33 bits per heavy atom. The molecule has 18 heavy (non-hydrogen) atoms. The van der Waals surface area contributed by atoms with Gasteiger partial charge in [-0.2, -0.15) is 0 Å². The molecule has 1 aliphatic heterocycles. The molecule has 4 N–H and O–H groups in total. The smallest absolute Gasteiger partial charge is 0.148 e. The number of aliphatic hydroxyl groups excluding tert-OH is 1. The highest BCUT2D eigenvalue weighted by atomic mass is 16.3. The zero-order valence-electron chi connectivity index (χ0n) is 10.6. The van der Waals surface area contributed by atoms with Crippen molar-refractivity contribution in [2.24, 2.45) is 5.84 Å². The fourth-order valence-corrected chi connectivity index (χ4v) is 2.43. The molecule has 3 rings (SSSR count). The average Bonchev–Trinajstić information content (AvgIpc) is 3.12. The van der Waals surface area contributed by atoms with Gasteiger partial charge < -0.3 is 15.4 Å². The Morgan fingerprint density at radius 2 is 2.11 bits per heavy atom. The lowest BCUT2D eigenvalue weighted by Gasteiger charge is -2.21. The summed E-state index contributed by atoms with van der Waals surface area (Å²) in [5, 5.41) is 9.64. The predicted octanol–water partition coefficient (Wildman–Crippen LogP) is 0.519. The van der Waals surface area contributed by atoms with Crippen LogP contribution in [0.2, 0.25) is 0 Å². The molecule has 2 fully saturated rings. The van der Waals surface area contributed by atoms with Crippen LogP contribution in [-0.2, 0) is 0 Å². The molecule has 0 bridgehead atoms. The minimum atomic E-state index is -0.252. The van der Waals surface area contributed by atoms with E-state index in [4.69, 9.17) is 5.84 Å². The van der Waals surface area contributed by atoms with Crippen LogP contribution in [0, 0.1) is 6.92 Å². The second kappa shape index (κ2) is 4.37. The first-order valence-corrected chi connectivity index (χ1v) is 6.47. The highest BCUT2D eigenvalue weighted by Crippen LogP contribution is 2.40. The van der Waals surface area contributed by atoms with Crippen molar-refractivity contribution in [2.75, 3.05) is 23.4 Å². The summed E-state index contributed by atoms with van der Waals surface area (Å²) in [5.74, 6) is 8.51. The molecule has 1 aromatic rings. The Labute approximate surface area is 106 Å². The Kier molecular flexibility index (Phi) is 2.83. The maximum atomic E-state index is 9.64. The Balaban J connectivity index is 1.98. The number of nitrogen functional groups attached to an aromatic ring is 1. The highest BCUT2D eigenvalue weighted by molar-refractivity contribution is 5.59. The minimum Gasteiger partial charge on any atom is -0.391 e. The van der Waals surface area contributed by atoms with Crippen molar-refractivity contribution in [2.45, 2.75) is 38.2 Å². The summed E-state index contributed by atoms with van der Waals surface area (Å²) in [7, 11) is 0. The molecule has 1 atom stereocenters. The van der Waals surface area contributed by atoms with E-state index in [1.54, 1.807) is 0 Å². The first-order chi connectivity index (χ1) is 8.69. The van der Waals surface area contributed by atoms with Gasteiger partial charge in [0.2, 0.25) is 0 Å². The molecular weight excluding hydrogens is 230 g/mol. The van der Waals surface area contributed by atoms with Crippen molar-refractivity contribution < 1.29 is 5.11 Å². The van der Waals surface area contributed by atoms with Crippen LogP contribution in [0.15, 0.2) is 0 Å². The van der Waals surface area contributed by atoms with Crippen molar-refractivity contribution in [1.29, 1.82) is 0 Å². The summed E-state index contributed by atoms with van der Waals surface area (Å²) in [4.78, 5) is 11.3. The molecular formula is C12H19N5O. The molecule has 0 amide bonds. The van der Waals surface area contributed by atoms with Gasteiger partial charge in [-0.15, -0.1) is 0 Å². The lowest BCUT2D eigenvalue weighted by Crippen LogP contribution is -2.25. The van der Waals surface area contributed by atoms with Crippen molar-refractivity contribution >= 4 is 11.6 Å². The lowest BCUT2D eigenvalue weighted by atomic mass is 10.2. The average molecular weight is 249 g/mol. The summed E-state index contributed by atoms with van der Waals surface area (Å²) in [6.07, 6.45) is 2.87. The first kappa shape index (κ1) is 11.7. The molecule has 0 aromatic carbocycles. The van der Waals surface area contributed by atoms with E-state index in [0.29, 0.717) is 18.3 Å². The molecule has 1 saturated carbocycles. The van der Waals surface area contributed by atoms with Crippen LogP contribution in [0.3, 0.4) is 0 Å². The van der Waals surface area contributed by atoms with Crippen LogP contribution in [0.25, 0.3) is 0 Å². The Hall–Kier alpha value is -1.40. The zero-order valence-corrected chi connectivity index (χ0v) is 10.6. The molecule has 1 unspecified atom stereocenters. The molecule has 2 aliphatic rings. The third-order valence-electron chi connectivity index (χ3n) is 3.68. The third-order valence-corrected chi connectivity index (χ3v) is 3.68. The normalized spacial score (nSPS) is 23.5. The van der Waals surface area contributed by atoms with Crippen molar-refractivity contribution in [1.82, 2.24) is 9.97 Å².